The van der Waals surface area contributed by atoms with E-state index in [4.69, 9.17) is 0 Å². The second kappa shape index (κ2) is 7.36. The number of nitrogens with one attached hydrogen (secondary N) is 1. The minimum atomic E-state index is -4.28. The molecule has 0 aliphatic rings. The van der Waals surface area contributed by atoms with Crippen molar-refractivity contribution < 1.29 is 22.0 Å². The Morgan fingerprint density at radius 1 is 1.25 bits per heavy atom. The van der Waals surface area contributed by atoms with Gasteiger partial charge in [-0.15, -0.1) is 0 Å². The molecule has 1 rings (SSSR count). The molecule has 0 spiro atoms. The Kier molecular flexibility index (Phi) is 6.39. The molecule has 7 heteroatoms. The van der Waals surface area contributed by atoms with Gasteiger partial charge in [-0.05, 0) is 46.9 Å². The molecule has 1 N–H and O–H groups in total. The highest BCUT2D eigenvalue weighted by molar-refractivity contribution is 9.10. The van der Waals surface area contributed by atoms with E-state index in [-0.39, 0.29) is 10.9 Å². The number of rotatable bonds is 6. The fourth-order valence-corrected chi connectivity index (χ4v) is 2.40. The van der Waals surface area contributed by atoms with Crippen molar-refractivity contribution in [3.63, 3.8) is 0 Å². The summed E-state index contributed by atoms with van der Waals surface area (Å²) in [5.74, 6) is -2.12. The molecule has 114 valence electrons. The minimum Gasteiger partial charge on any atom is -0.310 e. The maximum Gasteiger partial charge on any atom is 0.389 e. The lowest BCUT2D eigenvalue weighted by Gasteiger charge is -2.21. The lowest BCUT2D eigenvalue weighted by atomic mass is 10.0. The Balaban J connectivity index is 2.95. The summed E-state index contributed by atoms with van der Waals surface area (Å²) in [5, 5.41) is 2.93. The highest BCUT2D eigenvalue weighted by Crippen LogP contribution is 2.33. The average molecular weight is 360 g/mol. The van der Waals surface area contributed by atoms with Crippen molar-refractivity contribution in [2.45, 2.75) is 38.4 Å². The predicted molar refractivity (Wildman–Crippen MR) is 70.4 cm³/mol. The van der Waals surface area contributed by atoms with Crippen LogP contribution in [0.15, 0.2) is 16.6 Å². The first kappa shape index (κ1) is 17.4. The van der Waals surface area contributed by atoms with Crippen molar-refractivity contribution in [2.24, 2.45) is 0 Å². The Morgan fingerprint density at radius 2 is 1.90 bits per heavy atom. The maximum atomic E-state index is 13.5. The molecular weight excluding hydrogens is 345 g/mol. The fourth-order valence-electron chi connectivity index (χ4n) is 1.80. The van der Waals surface area contributed by atoms with Crippen molar-refractivity contribution in [3.05, 3.63) is 33.8 Å². The van der Waals surface area contributed by atoms with Crippen LogP contribution in [-0.2, 0) is 0 Å². The smallest absolute Gasteiger partial charge is 0.310 e. The fraction of sp³-hybridized carbons (Fsp3) is 0.538. The molecule has 1 aromatic rings. The summed E-state index contributed by atoms with van der Waals surface area (Å²) in [4.78, 5) is 0. The van der Waals surface area contributed by atoms with Crippen LogP contribution in [0.1, 0.15) is 37.8 Å². The van der Waals surface area contributed by atoms with E-state index >= 15 is 0 Å². The normalized spacial score (nSPS) is 13.6. The van der Waals surface area contributed by atoms with Gasteiger partial charge in [-0.2, -0.15) is 13.2 Å². The maximum absolute atomic E-state index is 13.5. The van der Waals surface area contributed by atoms with E-state index in [0.29, 0.717) is 12.1 Å². The van der Waals surface area contributed by atoms with Gasteiger partial charge in [-0.1, -0.05) is 13.0 Å². The summed E-state index contributed by atoms with van der Waals surface area (Å²) < 4.78 is 63.4. The molecule has 0 fully saturated rings. The van der Waals surface area contributed by atoms with Crippen LogP contribution in [-0.4, -0.2) is 12.7 Å². The summed E-state index contributed by atoms with van der Waals surface area (Å²) in [6, 6.07) is 1.54. The van der Waals surface area contributed by atoms with Crippen molar-refractivity contribution in [1.82, 2.24) is 5.32 Å². The van der Waals surface area contributed by atoms with E-state index < -0.39 is 30.3 Å². The third kappa shape index (κ3) is 5.01. The SMILES string of the molecule is CCCNC(CCC(F)(F)F)c1ccc(F)c(F)c1Br. The van der Waals surface area contributed by atoms with Crippen LogP contribution < -0.4 is 5.32 Å². The van der Waals surface area contributed by atoms with E-state index in [1.807, 2.05) is 6.92 Å². The number of benzene rings is 1. The van der Waals surface area contributed by atoms with Crippen molar-refractivity contribution in [1.29, 1.82) is 0 Å². The number of hydrogen-bond donors (Lipinski definition) is 1. The molecule has 1 aromatic carbocycles. The van der Waals surface area contributed by atoms with Gasteiger partial charge < -0.3 is 5.32 Å². The third-order valence-electron chi connectivity index (χ3n) is 2.80. The van der Waals surface area contributed by atoms with Gasteiger partial charge in [-0.3, -0.25) is 0 Å². The van der Waals surface area contributed by atoms with E-state index in [1.54, 1.807) is 0 Å². The van der Waals surface area contributed by atoms with Crippen molar-refractivity contribution in [3.8, 4) is 0 Å². The lowest BCUT2D eigenvalue weighted by molar-refractivity contribution is -0.136. The molecule has 0 saturated carbocycles. The number of alkyl halides is 3. The van der Waals surface area contributed by atoms with Crippen LogP contribution in [0, 0.1) is 11.6 Å². The largest absolute Gasteiger partial charge is 0.389 e. The average Bonchev–Trinajstić information content (AvgIpc) is 2.36. The number of hydrogen-bond acceptors (Lipinski definition) is 1. The van der Waals surface area contributed by atoms with E-state index in [9.17, 15) is 22.0 Å². The molecular formula is C13H15BrF5N. The first-order valence-electron chi connectivity index (χ1n) is 6.19. The van der Waals surface area contributed by atoms with Gasteiger partial charge >= 0.3 is 6.18 Å². The zero-order valence-electron chi connectivity index (χ0n) is 10.8. The monoisotopic (exact) mass is 359 g/mol. The Hall–Kier alpha value is -0.690. The Morgan fingerprint density at radius 3 is 2.45 bits per heavy atom. The first-order valence-corrected chi connectivity index (χ1v) is 6.99. The van der Waals surface area contributed by atoms with Crippen molar-refractivity contribution >= 4 is 15.9 Å². The summed E-state index contributed by atoms with van der Waals surface area (Å²) in [5.41, 5.74) is 0.293. The molecule has 20 heavy (non-hydrogen) atoms. The van der Waals surface area contributed by atoms with Gasteiger partial charge in [0.05, 0.1) is 4.47 Å². The van der Waals surface area contributed by atoms with E-state index in [1.165, 1.54) is 6.07 Å². The molecule has 0 amide bonds. The van der Waals surface area contributed by atoms with E-state index in [2.05, 4.69) is 21.2 Å². The zero-order chi connectivity index (χ0) is 15.3. The molecule has 0 radical (unpaired) electrons. The highest BCUT2D eigenvalue weighted by Gasteiger charge is 2.29. The first-order chi connectivity index (χ1) is 9.26. The molecule has 0 aliphatic carbocycles. The van der Waals surface area contributed by atoms with Gasteiger partial charge in [0.25, 0.3) is 0 Å². The molecule has 0 aliphatic heterocycles. The predicted octanol–water partition coefficient (Wildman–Crippen LogP) is 5.11. The topological polar surface area (TPSA) is 12.0 Å². The van der Waals surface area contributed by atoms with Gasteiger partial charge in [0, 0.05) is 12.5 Å². The Bertz CT molecular complexity index is 447. The summed E-state index contributed by atoms with van der Waals surface area (Å²) in [7, 11) is 0. The molecule has 1 unspecified atom stereocenters. The molecule has 0 aromatic heterocycles. The second-order valence-electron chi connectivity index (χ2n) is 4.43. The molecule has 0 bridgehead atoms. The van der Waals surface area contributed by atoms with E-state index in [0.717, 1.165) is 12.5 Å². The van der Waals surface area contributed by atoms with Crippen LogP contribution in [0.4, 0.5) is 22.0 Å². The number of halogens is 6. The van der Waals surface area contributed by atoms with Crippen LogP contribution in [0.25, 0.3) is 0 Å². The lowest BCUT2D eigenvalue weighted by Crippen LogP contribution is -2.24. The standard InChI is InChI=1S/C13H15BrF5N/c1-2-7-20-10(5-6-13(17,18)19)8-3-4-9(15)12(16)11(8)14/h3-4,10,20H,2,5-7H2,1H3. The van der Waals surface area contributed by atoms with Gasteiger partial charge in [0.2, 0.25) is 0 Å². The van der Waals surface area contributed by atoms with Crippen LogP contribution >= 0.6 is 15.9 Å². The Labute approximate surface area is 122 Å². The second-order valence-corrected chi connectivity index (χ2v) is 5.22. The van der Waals surface area contributed by atoms with Crippen molar-refractivity contribution in [2.75, 3.05) is 6.54 Å². The molecule has 0 heterocycles. The summed E-state index contributed by atoms with van der Waals surface area (Å²) >= 11 is 2.91. The zero-order valence-corrected chi connectivity index (χ0v) is 12.4. The van der Waals surface area contributed by atoms with Gasteiger partial charge in [-0.25, -0.2) is 8.78 Å². The third-order valence-corrected chi connectivity index (χ3v) is 3.60. The van der Waals surface area contributed by atoms with Crippen LogP contribution in [0.2, 0.25) is 0 Å². The molecule has 1 nitrogen and oxygen atoms in total. The van der Waals surface area contributed by atoms with Crippen LogP contribution in [0.5, 0.6) is 0 Å². The minimum absolute atomic E-state index is 0.131. The quantitative estimate of drug-likeness (QED) is 0.549. The summed E-state index contributed by atoms with van der Waals surface area (Å²) in [6.07, 6.45) is -4.77. The summed E-state index contributed by atoms with van der Waals surface area (Å²) in [6.45, 7) is 2.36. The van der Waals surface area contributed by atoms with Gasteiger partial charge in [0.1, 0.15) is 0 Å². The molecule has 1 atom stereocenters. The van der Waals surface area contributed by atoms with Gasteiger partial charge in [0.15, 0.2) is 11.6 Å². The van der Waals surface area contributed by atoms with Crippen LogP contribution in [0.3, 0.4) is 0 Å². The highest BCUT2D eigenvalue weighted by atomic mass is 79.9. The molecule has 0 saturated heterocycles.